The standard InChI is InChI=1S/C14H20N2O3S/c1-3-8(7-15)12(17)16-13-11(14(18)19-2)9-5-4-6-10(9)20-13/h8H,3-7,15H2,1-2H3,(H,16,17). The molecule has 1 unspecified atom stereocenters. The third-order valence-corrected chi connectivity index (χ3v) is 4.90. The molecule has 0 bridgehead atoms. The summed E-state index contributed by atoms with van der Waals surface area (Å²) in [5.74, 6) is -0.724. The Kier molecular flexibility index (Phi) is 4.77. The van der Waals surface area contributed by atoms with Crippen LogP contribution in [0.25, 0.3) is 0 Å². The maximum absolute atomic E-state index is 12.1. The number of thiophene rings is 1. The van der Waals surface area contributed by atoms with Crippen LogP contribution in [0.2, 0.25) is 0 Å². The quantitative estimate of drug-likeness (QED) is 0.814. The molecule has 110 valence electrons. The lowest BCUT2D eigenvalue weighted by molar-refractivity contribution is -0.119. The van der Waals surface area contributed by atoms with Gasteiger partial charge in [-0.2, -0.15) is 0 Å². The van der Waals surface area contributed by atoms with Gasteiger partial charge in [-0.25, -0.2) is 4.79 Å². The summed E-state index contributed by atoms with van der Waals surface area (Å²) in [6.07, 6.45) is 3.58. The van der Waals surface area contributed by atoms with E-state index in [0.29, 0.717) is 23.5 Å². The number of nitrogens with one attached hydrogen (secondary N) is 1. The van der Waals surface area contributed by atoms with Crippen molar-refractivity contribution in [3.8, 4) is 0 Å². The van der Waals surface area contributed by atoms with Crippen molar-refractivity contribution in [2.24, 2.45) is 11.7 Å². The van der Waals surface area contributed by atoms with Gasteiger partial charge in [-0.05, 0) is 31.2 Å². The molecule has 0 spiro atoms. The minimum Gasteiger partial charge on any atom is -0.465 e. The van der Waals surface area contributed by atoms with Crippen LogP contribution in [-0.4, -0.2) is 25.5 Å². The normalized spacial score (nSPS) is 14.8. The summed E-state index contributed by atoms with van der Waals surface area (Å²) in [5, 5.41) is 3.47. The van der Waals surface area contributed by atoms with Crippen molar-refractivity contribution < 1.29 is 14.3 Å². The topological polar surface area (TPSA) is 81.4 Å². The predicted octanol–water partition coefficient (Wildman–Crippen LogP) is 1.95. The zero-order chi connectivity index (χ0) is 14.7. The first-order chi connectivity index (χ1) is 9.62. The fourth-order valence-corrected chi connectivity index (χ4v) is 3.76. The average Bonchev–Trinajstić information content (AvgIpc) is 2.99. The van der Waals surface area contributed by atoms with Gasteiger partial charge in [0.25, 0.3) is 0 Å². The highest BCUT2D eigenvalue weighted by molar-refractivity contribution is 7.17. The molecule has 1 aromatic rings. The largest absolute Gasteiger partial charge is 0.465 e. The summed E-state index contributed by atoms with van der Waals surface area (Å²) in [6, 6.07) is 0. The summed E-state index contributed by atoms with van der Waals surface area (Å²) in [5.41, 5.74) is 7.16. The van der Waals surface area contributed by atoms with Gasteiger partial charge in [0.1, 0.15) is 5.00 Å². The predicted molar refractivity (Wildman–Crippen MR) is 79.1 cm³/mol. The fourth-order valence-electron chi connectivity index (χ4n) is 2.48. The van der Waals surface area contributed by atoms with Crippen molar-refractivity contribution in [2.45, 2.75) is 32.6 Å². The molecule has 1 atom stereocenters. The van der Waals surface area contributed by atoms with Crippen LogP contribution < -0.4 is 11.1 Å². The first-order valence-corrected chi connectivity index (χ1v) is 7.67. The van der Waals surface area contributed by atoms with E-state index in [1.807, 2.05) is 6.92 Å². The number of fused-ring (bicyclic) bond motifs is 1. The number of carbonyl (C=O) groups excluding carboxylic acids is 2. The molecular weight excluding hydrogens is 276 g/mol. The molecule has 1 aromatic heterocycles. The van der Waals surface area contributed by atoms with Gasteiger partial charge in [0.15, 0.2) is 0 Å². The number of hydrogen-bond donors (Lipinski definition) is 2. The van der Waals surface area contributed by atoms with Crippen LogP contribution in [0, 0.1) is 5.92 Å². The molecule has 0 fully saturated rings. The minimum atomic E-state index is -0.375. The second kappa shape index (κ2) is 6.37. The average molecular weight is 296 g/mol. The van der Waals surface area contributed by atoms with E-state index in [9.17, 15) is 9.59 Å². The van der Waals surface area contributed by atoms with Crippen molar-refractivity contribution in [2.75, 3.05) is 19.0 Å². The Hall–Kier alpha value is -1.40. The first-order valence-electron chi connectivity index (χ1n) is 6.86. The van der Waals surface area contributed by atoms with Crippen LogP contribution in [-0.2, 0) is 22.4 Å². The van der Waals surface area contributed by atoms with Gasteiger partial charge in [-0.3, -0.25) is 4.79 Å². The highest BCUT2D eigenvalue weighted by Crippen LogP contribution is 2.39. The van der Waals surface area contributed by atoms with Gasteiger partial charge in [0.05, 0.1) is 18.6 Å². The van der Waals surface area contributed by atoms with E-state index < -0.39 is 0 Å². The van der Waals surface area contributed by atoms with Crippen LogP contribution in [0.4, 0.5) is 5.00 Å². The van der Waals surface area contributed by atoms with E-state index >= 15 is 0 Å². The van der Waals surface area contributed by atoms with Crippen molar-refractivity contribution in [1.82, 2.24) is 0 Å². The zero-order valence-corrected chi connectivity index (χ0v) is 12.6. The van der Waals surface area contributed by atoms with Gasteiger partial charge in [0.2, 0.25) is 5.91 Å². The molecule has 5 nitrogen and oxygen atoms in total. The Morgan fingerprint density at radius 3 is 2.80 bits per heavy atom. The SMILES string of the molecule is CCC(CN)C(=O)Nc1sc2c(c1C(=O)OC)CCC2. The first kappa shape index (κ1) is 15.0. The van der Waals surface area contributed by atoms with E-state index in [1.165, 1.54) is 23.3 Å². The number of nitrogens with two attached hydrogens (primary N) is 1. The number of hydrogen-bond acceptors (Lipinski definition) is 5. The number of amides is 1. The Bertz CT molecular complexity index is 521. The third kappa shape index (κ3) is 2.71. The Balaban J connectivity index is 2.28. The summed E-state index contributed by atoms with van der Waals surface area (Å²) in [4.78, 5) is 25.3. The van der Waals surface area contributed by atoms with E-state index in [-0.39, 0.29) is 17.8 Å². The molecule has 1 aliphatic rings. The third-order valence-electron chi connectivity index (χ3n) is 3.70. The smallest absolute Gasteiger partial charge is 0.341 e. The second-order valence-corrected chi connectivity index (χ2v) is 5.99. The van der Waals surface area contributed by atoms with E-state index in [4.69, 9.17) is 10.5 Å². The monoisotopic (exact) mass is 296 g/mol. The van der Waals surface area contributed by atoms with Gasteiger partial charge in [-0.1, -0.05) is 6.92 Å². The molecule has 0 aromatic carbocycles. The molecular formula is C14H20N2O3S. The molecule has 20 heavy (non-hydrogen) atoms. The second-order valence-electron chi connectivity index (χ2n) is 4.88. The maximum atomic E-state index is 12.1. The number of rotatable bonds is 5. The van der Waals surface area contributed by atoms with Crippen LogP contribution in [0.15, 0.2) is 0 Å². The molecule has 1 amide bonds. The highest BCUT2D eigenvalue weighted by Gasteiger charge is 2.28. The summed E-state index contributed by atoms with van der Waals surface area (Å²) in [7, 11) is 1.36. The number of methoxy groups -OCH3 is 1. The summed E-state index contributed by atoms with van der Waals surface area (Å²) < 4.78 is 4.85. The van der Waals surface area contributed by atoms with Gasteiger partial charge < -0.3 is 15.8 Å². The number of esters is 1. The molecule has 0 saturated heterocycles. The number of carbonyl (C=O) groups is 2. The van der Waals surface area contributed by atoms with Gasteiger partial charge >= 0.3 is 5.97 Å². The van der Waals surface area contributed by atoms with Gasteiger partial charge in [-0.15, -0.1) is 11.3 Å². The fraction of sp³-hybridized carbons (Fsp3) is 0.571. The molecule has 0 radical (unpaired) electrons. The molecule has 2 rings (SSSR count). The van der Waals surface area contributed by atoms with E-state index in [0.717, 1.165) is 24.8 Å². The molecule has 0 aliphatic heterocycles. The van der Waals surface area contributed by atoms with Crippen LogP contribution in [0.1, 0.15) is 40.6 Å². The summed E-state index contributed by atoms with van der Waals surface area (Å²) >= 11 is 1.49. The van der Waals surface area contributed by atoms with Gasteiger partial charge in [0, 0.05) is 11.4 Å². The maximum Gasteiger partial charge on any atom is 0.341 e. The van der Waals surface area contributed by atoms with Crippen LogP contribution in [0.5, 0.6) is 0 Å². The molecule has 3 N–H and O–H groups in total. The molecule has 6 heteroatoms. The lowest BCUT2D eigenvalue weighted by Crippen LogP contribution is -2.29. The molecule has 1 aliphatic carbocycles. The zero-order valence-electron chi connectivity index (χ0n) is 11.8. The molecule has 1 heterocycles. The molecule has 0 saturated carbocycles. The Labute approximate surface area is 122 Å². The minimum absolute atomic E-state index is 0.125. The van der Waals surface area contributed by atoms with E-state index in [1.54, 1.807) is 0 Å². The Morgan fingerprint density at radius 2 is 2.20 bits per heavy atom. The van der Waals surface area contributed by atoms with Crippen molar-refractivity contribution >= 4 is 28.2 Å². The lowest BCUT2D eigenvalue weighted by atomic mass is 10.1. The summed E-state index contributed by atoms with van der Waals surface area (Å²) in [6.45, 7) is 2.23. The lowest BCUT2D eigenvalue weighted by Gasteiger charge is -2.12. The van der Waals surface area contributed by atoms with E-state index in [2.05, 4.69) is 5.32 Å². The highest BCUT2D eigenvalue weighted by atomic mass is 32.1. The van der Waals surface area contributed by atoms with Crippen molar-refractivity contribution in [3.05, 3.63) is 16.0 Å². The number of aryl methyl sites for hydroxylation is 1. The number of ether oxygens (including phenoxy) is 1. The van der Waals surface area contributed by atoms with Crippen LogP contribution in [0.3, 0.4) is 0 Å². The van der Waals surface area contributed by atoms with Crippen molar-refractivity contribution in [3.63, 3.8) is 0 Å². The van der Waals surface area contributed by atoms with Crippen molar-refractivity contribution in [1.29, 1.82) is 0 Å². The van der Waals surface area contributed by atoms with Crippen LogP contribution >= 0.6 is 11.3 Å². The number of anilines is 1. The Morgan fingerprint density at radius 1 is 1.45 bits per heavy atom.